The molecule has 0 fully saturated rings. The normalized spacial score (nSPS) is 9.10. The van der Waals surface area contributed by atoms with Gasteiger partial charge in [0.25, 0.3) is 0 Å². The van der Waals surface area contributed by atoms with Crippen LogP contribution in [0.4, 0.5) is 0 Å². The van der Waals surface area contributed by atoms with E-state index in [0.717, 1.165) is 6.61 Å². The fourth-order valence-corrected chi connectivity index (χ4v) is 1.78. The Morgan fingerprint density at radius 3 is 1.50 bits per heavy atom. The third kappa shape index (κ3) is 6.88. The van der Waals surface area contributed by atoms with Gasteiger partial charge in [-0.3, -0.25) is 0 Å². The highest BCUT2D eigenvalue weighted by Gasteiger charge is 2.23. The Morgan fingerprint density at radius 2 is 1.20 bits per heavy atom. The van der Waals surface area contributed by atoms with Crippen LogP contribution >= 0.6 is 8.25 Å². The number of methoxy groups -OCH3 is 1. The molecule has 0 aliphatic carbocycles. The van der Waals surface area contributed by atoms with Gasteiger partial charge in [0, 0.05) is 18.3 Å². The Balaban J connectivity index is 0.000000444. The predicted molar refractivity (Wildman–Crippen MR) is 79.3 cm³/mol. The molecule has 4 nitrogen and oxygen atoms in total. The van der Waals surface area contributed by atoms with Gasteiger partial charge in [-0.15, -0.1) is 0 Å². The largest absolute Gasteiger partial charge is 0.805 e. The van der Waals surface area contributed by atoms with Crippen molar-refractivity contribution in [2.75, 3.05) is 13.7 Å². The quantitative estimate of drug-likeness (QED) is 0.764. The highest BCUT2D eigenvalue weighted by Crippen LogP contribution is 2.29. The van der Waals surface area contributed by atoms with Gasteiger partial charge in [0.05, 0.1) is 0 Å². The summed E-state index contributed by atoms with van der Waals surface area (Å²) in [7, 11) is -0.503. The van der Waals surface area contributed by atoms with Crippen molar-refractivity contribution >= 4 is 8.25 Å². The first kappa shape index (κ1) is 16.2. The lowest BCUT2D eigenvalue weighted by Gasteiger charge is -1.92. The first-order chi connectivity index (χ1) is 9.76. The highest BCUT2D eigenvalue weighted by molar-refractivity contribution is 7.34. The summed E-state index contributed by atoms with van der Waals surface area (Å²) in [5.41, 5.74) is 0. The van der Waals surface area contributed by atoms with Crippen molar-refractivity contribution in [1.82, 2.24) is 0 Å². The molecule has 20 heavy (non-hydrogen) atoms. The van der Waals surface area contributed by atoms with Crippen LogP contribution in [0.5, 0.6) is 11.5 Å². The molecule has 5 heteroatoms. The number of ether oxygens (including phenoxy) is 1. The highest BCUT2D eigenvalue weighted by atomic mass is 31.1. The second kappa shape index (κ2) is 9.96. The topological polar surface area (TPSA) is 44.8 Å². The summed E-state index contributed by atoms with van der Waals surface area (Å²) >= 11 is 0. The molecule has 0 heterocycles. The van der Waals surface area contributed by atoms with Crippen molar-refractivity contribution in [3.8, 4) is 11.5 Å². The van der Waals surface area contributed by atoms with Crippen molar-refractivity contribution in [2.45, 2.75) is 6.92 Å². The number of benzene rings is 2. The van der Waals surface area contributed by atoms with E-state index in [0.29, 0.717) is 11.5 Å². The van der Waals surface area contributed by atoms with Gasteiger partial charge in [0.15, 0.2) is 11.5 Å². The molecule has 0 aromatic heterocycles. The molecule has 0 bridgehead atoms. The minimum Gasteiger partial charge on any atom is -0.385 e. The van der Waals surface area contributed by atoms with Crippen molar-refractivity contribution < 1.29 is 18.3 Å². The van der Waals surface area contributed by atoms with Crippen molar-refractivity contribution in [2.24, 2.45) is 0 Å². The maximum atomic E-state index is 11.5. The zero-order chi connectivity index (χ0) is 14.6. The van der Waals surface area contributed by atoms with Gasteiger partial charge in [0.1, 0.15) is 0 Å². The fraction of sp³-hybridized carbons (Fsp3) is 0.200. The minimum atomic E-state index is -2.18. The standard InChI is InChI=1S/C12H10O3P.C3H8O/c13-16(14-11-7-3-1-4-8-11)15-12-9-5-2-6-10-12;1-3-4-2/h1-10H;3H2,1-2H3/q+1;. The van der Waals surface area contributed by atoms with E-state index < -0.39 is 8.25 Å². The predicted octanol–water partition coefficient (Wildman–Crippen LogP) is 4.45. The zero-order valence-electron chi connectivity index (χ0n) is 11.6. The van der Waals surface area contributed by atoms with E-state index in [1.807, 2.05) is 19.1 Å². The van der Waals surface area contributed by atoms with Crippen LogP contribution in [0.1, 0.15) is 6.92 Å². The van der Waals surface area contributed by atoms with Crippen molar-refractivity contribution in [1.29, 1.82) is 0 Å². The van der Waals surface area contributed by atoms with E-state index >= 15 is 0 Å². The summed E-state index contributed by atoms with van der Waals surface area (Å²) in [6, 6.07) is 17.8. The van der Waals surface area contributed by atoms with Gasteiger partial charge >= 0.3 is 8.25 Å². The summed E-state index contributed by atoms with van der Waals surface area (Å²) in [4.78, 5) is 0. The van der Waals surface area contributed by atoms with Crippen LogP contribution in [0.3, 0.4) is 0 Å². The van der Waals surface area contributed by atoms with Gasteiger partial charge < -0.3 is 4.74 Å². The summed E-state index contributed by atoms with van der Waals surface area (Å²) in [5, 5.41) is 0. The molecule has 2 aromatic carbocycles. The van der Waals surface area contributed by atoms with Crippen molar-refractivity contribution in [3.05, 3.63) is 60.7 Å². The Bertz CT molecular complexity index is 442. The lowest BCUT2D eigenvalue weighted by molar-refractivity contribution is 0.215. The number of hydrogen-bond donors (Lipinski definition) is 0. The molecule has 106 valence electrons. The van der Waals surface area contributed by atoms with E-state index in [9.17, 15) is 4.57 Å². The summed E-state index contributed by atoms with van der Waals surface area (Å²) in [6.07, 6.45) is 0. The maximum absolute atomic E-state index is 11.5. The van der Waals surface area contributed by atoms with Gasteiger partial charge in [-0.1, -0.05) is 36.4 Å². The summed E-state index contributed by atoms with van der Waals surface area (Å²) < 4.78 is 26.2. The Labute approximate surface area is 120 Å². The fourth-order valence-electron chi connectivity index (χ4n) is 1.15. The van der Waals surface area contributed by atoms with Crippen LogP contribution in [0.25, 0.3) is 0 Å². The van der Waals surface area contributed by atoms with Gasteiger partial charge in [-0.2, -0.15) is 0 Å². The molecule has 0 amide bonds. The average molecular weight is 293 g/mol. The average Bonchev–Trinajstić information content (AvgIpc) is 2.49. The molecule has 0 aliphatic rings. The Morgan fingerprint density at radius 1 is 0.850 bits per heavy atom. The van der Waals surface area contributed by atoms with Crippen LogP contribution in [-0.4, -0.2) is 13.7 Å². The lowest BCUT2D eigenvalue weighted by atomic mass is 10.3. The molecular formula is C15H18O4P+. The van der Waals surface area contributed by atoms with Crippen LogP contribution in [0.2, 0.25) is 0 Å². The molecule has 0 radical (unpaired) electrons. The molecule has 0 N–H and O–H groups in total. The molecular weight excluding hydrogens is 275 g/mol. The van der Waals surface area contributed by atoms with Crippen molar-refractivity contribution in [3.63, 3.8) is 0 Å². The first-order valence-electron chi connectivity index (χ1n) is 6.18. The van der Waals surface area contributed by atoms with Crippen LogP contribution < -0.4 is 9.05 Å². The summed E-state index contributed by atoms with van der Waals surface area (Å²) in [5.74, 6) is 1.05. The third-order valence-corrected chi connectivity index (χ3v) is 2.85. The molecule has 0 aliphatic heterocycles. The molecule has 0 unspecified atom stereocenters. The molecule has 0 spiro atoms. The maximum Gasteiger partial charge on any atom is 0.805 e. The van der Waals surface area contributed by atoms with Gasteiger partial charge in [-0.25, -0.2) is 9.05 Å². The molecule has 0 saturated heterocycles. The van der Waals surface area contributed by atoms with Crippen LogP contribution in [-0.2, 0) is 9.30 Å². The van der Waals surface area contributed by atoms with E-state index in [1.165, 1.54) is 0 Å². The van der Waals surface area contributed by atoms with E-state index in [4.69, 9.17) is 9.05 Å². The van der Waals surface area contributed by atoms with E-state index in [2.05, 4.69) is 4.74 Å². The number of rotatable bonds is 5. The van der Waals surface area contributed by atoms with Crippen LogP contribution in [0.15, 0.2) is 60.7 Å². The second-order valence-electron chi connectivity index (χ2n) is 3.61. The monoisotopic (exact) mass is 293 g/mol. The Kier molecular flexibility index (Phi) is 8.04. The summed E-state index contributed by atoms with van der Waals surface area (Å²) in [6.45, 7) is 2.78. The molecule has 2 aromatic rings. The second-order valence-corrected chi connectivity index (χ2v) is 4.42. The lowest BCUT2D eigenvalue weighted by Crippen LogP contribution is -1.87. The molecule has 2 rings (SSSR count). The number of para-hydroxylation sites is 2. The Hall–Kier alpha value is -1.90. The zero-order valence-corrected chi connectivity index (χ0v) is 12.5. The number of hydrogen-bond acceptors (Lipinski definition) is 4. The van der Waals surface area contributed by atoms with Crippen LogP contribution in [0, 0.1) is 0 Å². The molecule has 0 saturated carbocycles. The smallest absolute Gasteiger partial charge is 0.385 e. The van der Waals surface area contributed by atoms with Gasteiger partial charge in [0.2, 0.25) is 0 Å². The molecule has 0 atom stereocenters. The minimum absolute atomic E-state index is 0.527. The van der Waals surface area contributed by atoms with E-state index in [-0.39, 0.29) is 0 Å². The SMILES string of the molecule is CCOC.O=[P+](Oc1ccccc1)Oc1ccccc1. The first-order valence-corrected chi connectivity index (χ1v) is 7.28. The van der Waals surface area contributed by atoms with E-state index in [1.54, 1.807) is 55.6 Å². The third-order valence-electron chi connectivity index (χ3n) is 2.13. The van der Waals surface area contributed by atoms with Gasteiger partial charge in [-0.05, 0) is 31.2 Å².